The van der Waals surface area contributed by atoms with Crippen LogP contribution in [0.5, 0.6) is 0 Å². The first-order valence-electron chi connectivity index (χ1n) is 4.94. The molecule has 2 aromatic rings. The maximum absolute atomic E-state index is 13.6. The molecule has 0 fully saturated rings. The molecule has 0 saturated heterocycles. The number of hydrogen-bond donors (Lipinski definition) is 0. The topological polar surface area (TPSA) is 17.1 Å². The predicted octanol–water partition coefficient (Wildman–Crippen LogP) is 5.24. The third-order valence-electron chi connectivity index (χ3n) is 2.35. The van der Waals surface area contributed by atoms with Crippen LogP contribution in [0.15, 0.2) is 45.3 Å². The number of carbonyl (C=O) groups excluding carboxylic acids is 1. The second kappa shape index (κ2) is 5.51. The van der Waals surface area contributed by atoms with Crippen LogP contribution in [-0.2, 0) is 0 Å². The number of hydrogen-bond acceptors (Lipinski definition) is 1. The minimum Gasteiger partial charge on any atom is -0.288 e. The molecule has 5 heteroatoms. The van der Waals surface area contributed by atoms with Crippen molar-refractivity contribution in [1.82, 2.24) is 0 Å². The van der Waals surface area contributed by atoms with Gasteiger partial charge in [0, 0.05) is 19.5 Å². The minimum absolute atomic E-state index is 0.0207. The smallest absolute Gasteiger partial charge is 0.197 e. The molecular weight excluding hydrogens is 386 g/mol. The number of benzene rings is 2. The zero-order valence-corrected chi connectivity index (χ0v) is 12.8. The van der Waals surface area contributed by atoms with Crippen LogP contribution in [0.1, 0.15) is 15.9 Å². The van der Waals surface area contributed by atoms with E-state index < -0.39 is 11.6 Å². The van der Waals surface area contributed by atoms with Crippen molar-refractivity contribution < 1.29 is 9.18 Å². The van der Waals surface area contributed by atoms with Gasteiger partial charge in [-0.1, -0.05) is 27.5 Å². The first-order valence-corrected chi connectivity index (χ1v) is 6.90. The Labute approximate surface area is 125 Å². The third-order valence-corrected chi connectivity index (χ3v) is 3.73. The van der Waals surface area contributed by atoms with Crippen molar-refractivity contribution in [3.05, 3.63) is 67.3 Å². The fraction of sp³-hybridized carbons (Fsp3) is 0. The molecule has 2 rings (SSSR count). The highest BCUT2D eigenvalue weighted by Crippen LogP contribution is 2.26. The Morgan fingerprint density at radius 3 is 2.44 bits per heavy atom. The molecular formula is C13H6Br2ClFO. The highest BCUT2D eigenvalue weighted by molar-refractivity contribution is 9.10. The Morgan fingerprint density at radius 2 is 1.78 bits per heavy atom. The molecule has 0 saturated carbocycles. The summed E-state index contributed by atoms with van der Waals surface area (Å²) in [6.07, 6.45) is 0. The van der Waals surface area contributed by atoms with Crippen LogP contribution in [0.4, 0.5) is 4.39 Å². The monoisotopic (exact) mass is 390 g/mol. The summed E-state index contributed by atoms with van der Waals surface area (Å²) in [6, 6.07) is 9.01. The predicted molar refractivity (Wildman–Crippen MR) is 76.7 cm³/mol. The zero-order valence-electron chi connectivity index (χ0n) is 8.88. The quantitative estimate of drug-likeness (QED) is 0.639. The lowest BCUT2D eigenvalue weighted by atomic mass is 10.0. The molecule has 2 aromatic carbocycles. The van der Waals surface area contributed by atoms with Crippen LogP contribution in [0, 0.1) is 5.82 Å². The van der Waals surface area contributed by atoms with Crippen LogP contribution >= 0.6 is 43.5 Å². The molecule has 0 N–H and O–H groups in total. The molecule has 0 unspecified atom stereocenters. The molecule has 0 heterocycles. The lowest BCUT2D eigenvalue weighted by Gasteiger charge is -2.06. The second-order valence-electron chi connectivity index (χ2n) is 3.58. The van der Waals surface area contributed by atoms with Crippen LogP contribution in [-0.4, -0.2) is 5.78 Å². The molecule has 0 aliphatic rings. The summed E-state index contributed by atoms with van der Waals surface area (Å²) in [6.45, 7) is 0. The van der Waals surface area contributed by atoms with E-state index in [4.69, 9.17) is 11.6 Å². The van der Waals surface area contributed by atoms with Crippen LogP contribution in [0.3, 0.4) is 0 Å². The van der Waals surface area contributed by atoms with Gasteiger partial charge in [-0.3, -0.25) is 4.79 Å². The van der Waals surface area contributed by atoms with Crippen molar-refractivity contribution >= 4 is 49.2 Å². The average Bonchev–Trinajstić information content (AvgIpc) is 2.31. The SMILES string of the molecule is O=C(c1cc(Br)ccc1F)c1ccc(Cl)cc1Br. The second-order valence-corrected chi connectivity index (χ2v) is 5.78. The molecule has 0 aliphatic heterocycles. The Morgan fingerprint density at radius 1 is 1.06 bits per heavy atom. The molecule has 18 heavy (non-hydrogen) atoms. The zero-order chi connectivity index (χ0) is 13.3. The van der Waals surface area contributed by atoms with E-state index in [1.807, 2.05) is 0 Å². The van der Waals surface area contributed by atoms with Crippen molar-refractivity contribution in [2.24, 2.45) is 0 Å². The van der Waals surface area contributed by atoms with Gasteiger partial charge in [0.2, 0.25) is 0 Å². The van der Waals surface area contributed by atoms with E-state index >= 15 is 0 Å². The molecule has 0 aromatic heterocycles. The first-order chi connectivity index (χ1) is 8.49. The van der Waals surface area contributed by atoms with Gasteiger partial charge in [-0.05, 0) is 52.3 Å². The molecule has 0 amide bonds. The Bertz CT molecular complexity index is 628. The van der Waals surface area contributed by atoms with E-state index in [1.54, 1.807) is 24.3 Å². The van der Waals surface area contributed by atoms with Gasteiger partial charge in [-0.25, -0.2) is 4.39 Å². The van der Waals surface area contributed by atoms with Crippen molar-refractivity contribution in [2.45, 2.75) is 0 Å². The molecule has 0 bridgehead atoms. The number of halogens is 4. The van der Waals surface area contributed by atoms with Crippen LogP contribution in [0.2, 0.25) is 5.02 Å². The highest BCUT2D eigenvalue weighted by Gasteiger charge is 2.17. The van der Waals surface area contributed by atoms with Crippen molar-refractivity contribution in [3.8, 4) is 0 Å². The van der Waals surface area contributed by atoms with E-state index in [2.05, 4.69) is 31.9 Å². The Balaban J connectivity index is 2.51. The van der Waals surface area contributed by atoms with Crippen molar-refractivity contribution in [2.75, 3.05) is 0 Å². The maximum atomic E-state index is 13.6. The van der Waals surface area contributed by atoms with E-state index in [0.29, 0.717) is 19.5 Å². The van der Waals surface area contributed by atoms with Gasteiger partial charge >= 0.3 is 0 Å². The summed E-state index contributed by atoms with van der Waals surface area (Å²) in [4.78, 5) is 12.2. The molecule has 0 spiro atoms. The average molecular weight is 392 g/mol. The van der Waals surface area contributed by atoms with Gasteiger partial charge in [-0.2, -0.15) is 0 Å². The standard InChI is InChI=1S/C13H6Br2ClFO/c14-7-1-4-12(17)10(5-7)13(18)9-3-2-8(16)6-11(9)15/h1-6H. The number of rotatable bonds is 2. The number of ketones is 1. The third kappa shape index (κ3) is 2.82. The number of carbonyl (C=O) groups is 1. The summed E-state index contributed by atoms with van der Waals surface area (Å²) in [5, 5.41) is 0.508. The molecule has 0 radical (unpaired) electrons. The van der Waals surface area contributed by atoms with E-state index in [-0.39, 0.29) is 5.56 Å². The van der Waals surface area contributed by atoms with E-state index in [0.717, 1.165) is 0 Å². The minimum atomic E-state index is -0.551. The maximum Gasteiger partial charge on any atom is 0.197 e. The van der Waals surface area contributed by atoms with Gasteiger partial charge in [0.1, 0.15) is 5.82 Å². The van der Waals surface area contributed by atoms with Crippen LogP contribution < -0.4 is 0 Å². The van der Waals surface area contributed by atoms with E-state index in [1.165, 1.54) is 12.1 Å². The van der Waals surface area contributed by atoms with Gasteiger partial charge in [-0.15, -0.1) is 0 Å². The fourth-order valence-corrected chi connectivity index (χ4v) is 2.71. The van der Waals surface area contributed by atoms with Gasteiger partial charge in [0.05, 0.1) is 5.56 Å². The summed E-state index contributed by atoms with van der Waals surface area (Å²) in [7, 11) is 0. The lowest BCUT2D eigenvalue weighted by Crippen LogP contribution is -2.05. The first kappa shape index (κ1) is 13.7. The molecule has 92 valence electrons. The lowest BCUT2D eigenvalue weighted by molar-refractivity contribution is 0.103. The summed E-state index contributed by atoms with van der Waals surface area (Å²) in [5.41, 5.74) is 0.392. The molecule has 0 atom stereocenters. The highest BCUT2D eigenvalue weighted by atomic mass is 79.9. The fourth-order valence-electron chi connectivity index (χ4n) is 1.49. The summed E-state index contributed by atoms with van der Waals surface area (Å²) in [5.74, 6) is -0.942. The normalized spacial score (nSPS) is 10.4. The molecule has 0 aliphatic carbocycles. The summed E-state index contributed by atoms with van der Waals surface area (Å²) < 4.78 is 14.8. The Hall–Kier alpha value is -0.710. The Kier molecular flexibility index (Phi) is 4.20. The summed E-state index contributed by atoms with van der Waals surface area (Å²) >= 11 is 12.3. The van der Waals surface area contributed by atoms with Crippen LogP contribution in [0.25, 0.3) is 0 Å². The van der Waals surface area contributed by atoms with Gasteiger partial charge < -0.3 is 0 Å². The van der Waals surface area contributed by atoms with Gasteiger partial charge in [0.25, 0.3) is 0 Å². The van der Waals surface area contributed by atoms with E-state index in [9.17, 15) is 9.18 Å². The largest absolute Gasteiger partial charge is 0.288 e. The molecule has 1 nitrogen and oxygen atoms in total. The van der Waals surface area contributed by atoms with Crippen molar-refractivity contribution in [3.63, 3.8) is 0 Å². The van der Waals surface area contributed by atoms with Crippen molar-refractivity contribution in [1.29, 1.82) is 0 Å². The van der Waals surface area contributed by atoms with Gasteiger partial charge in [0.15, 0.2) is 5.78 Å².